The van der Waals surface area contributed by atoms with Crippen LogP contribution in [0, 0.1) is 0 Å². The molecule has 0 fully saturated rings. The van der Waals surface area contributed by atoms with Gasteiger partial charge in [0.25, 0.3) is 0 Å². The number of ketones is 1. The smallest absolute Gasteiger partial charge is 0.194 e. The lowest BCUT2D eigenvalue weighted by Gasteiger charge is -2.06. The maximum absolute atomic E-state index is 13.5. The molecule has 0 aliphatic heterocycles. The first-order chi connectivity index (χ1) is 14.6. The van der Waals surface area contributed by atoms with Crippen LogP contribution in [0.5, 0.6) is 0 Å². The van der Waals surface area contributed by atoms with Crippen LogP contribution < -0.4 is 0 Å². The van der Waals surface area contributed by atoms with E-state index in [0.717, 1.165) is 63.9 Å². The summed E-state index contributed by atoms with van der Waals surface area (Å²) in [5, 5.41) is 3.90. The number of halogens is 2. The van der Waals surface area contributed by atoms with Gasteiger partial charge >= 0.3 is 0 Å². The van der Waals surface area contributed by atoms with E-state index >= 15 is 0 Å². The van der Waals surface area contributed by atoms with Gasteiger partial charge in [-0.2, -0.15) is 0 Å². The summed E-state index contributed by atoms with van der Waals surface area (Å²) in [5.74, 6) is 0.0146. The molecule has 0 unspecified atom stereocenters. The first-order valence-electron chi connectivity index (χ1n) is 9.46. The van der Waals surface area contributed by atoms with Gasteiger partial charge < -0.3 is 8.83 Å². The Bertz CT molecular complexity index is 1610. The number of rotatable bonds is 0. The van der Waals surface area contributed by atoms with Gasteiger partial charge in [-0.05, 0) is 56.1 Å². The van der Waals surface area contributed by atoms with Crippen LogP contribution in [-0.2, 0) is 0 Å². The lowest BCUT2D eigenvalue weighted by molar-refractivity contribution is 0.104. The van der Waals surface area contributed by atoms with Crippen LogP contribution in [0.3, 0.4) is 0 Å². The van der Waals surface area contributed by atoms with E-state index in [0.29, 0.717) is 11.1 Å². The first kappa shape index (κ1) is 16.9. The molecule has 1 aliphatic carbocycles. The van der Waals surface area contributed by atoms with E-state index in [1.807, 2.05) is 60.7 Å². The molecule has 2 heterocycles. The predicted octanol–water partition coefficient (Wildman–Crippen LogP) is 8.22. The third kappa shape index (κ3) is 1.92. The summed E-state index contributed by atoms with van der Waals surface area (Å²) >= 11 is 7.25. The topological polar surface area (TPSA) is 43.4 Å². The molecule has 142 valence electrons. The number of hydrogen-bond acceptors (Lipinski definition) is 3. The van der Waals surface area contributed by atoms with Crippen molar-refractivity contribution in [1.29, 1.82) is 0 Å². The van der Waals surface area contributed by atoms with Crippen molar-refractivity contribution >= 4 is 81.5 Å². The van der Waals surface area contributed by atoms with Gasteiger partial charge in [-0.25, -0.2) is 0 Å². The standard InChI is InChI=1S/C25H10Br2O3/c26-15-9-13-19(21-11-5-1-3-7-17(11)29-24(15)21)20-14(23(13)28)10-16(27)25-22(20)12-6-2-4-8-18(12)30-25/h1-10H. The van der Waals surface area contributed by atoms with E-state index in [4.69, 9.17) is 8.83 Å². The molecule has 0 amide bonds. The Kier molecular flexibility index (Phi) is 3.16. The van der Waals surface area contributed by atoms with Crippen molar-refractivity contribution in [2.75, 3.05) is 0 Å². The summed E-state index contributed by atoms with van der Waals surface area (Å²) < 4.78 is 13.9. The van der Waals surface area contributed by atoms with Crippen LogP contribution >= 0.6 is 31.9 Å². The van der Waals surface area contributed by atoms with Crippen molar-refractivity contribution < 1.29 is 13.6 Å². The minimum atomic E-state index is 0.0146. The van der Waals surface area contributed by atoms with Gasteiger partial charge in [0.15, 0.2) is 5.78 Å². The number of furan rings is 2. The summed E-state index contributed by atoms with van der Waals surface area (Å²) in [7, 11) is 0. The highest BCUT2D eigenvalue weighted by atomic mass is 79.9. The maximum Gasteiger partial charge on any atom is 0.194 e. The Morgan fingerprint density at radius 2 is 1.07 bits per heavy atom. The summed E-state index contributed by atoms with van der Waals surface area (Å²) in [6, 6.07) is 19.6. The molecule has 7 rings (SSSR count). The SMILES string of the molecule is O=C1c2cc(Br)c3oc4ccccc4c3c2-c2c1cc(Br)c1oc3ccccc3c21. The zero-order valence-electron chi connectivity index (χ0n) is 15.3. The molecule has 0 bridgehead atoms. The molecule has 3 nitrogen and oxygen atoms in total. The Labute approximate surface area is 186 Å². The van der Waals surface area contributed by atoms with Gasteiger partial charge in [0.05, 0.1) is 8.95 Å². The Morgan fingerprint density at radius 3 is 1.53 bits per heavy atom. The third-order valence-electron chi connectivity index (χ3n) is 5.94. The van der Waals surface area contributed by atoms with E-state index < -0.39 is 0 Å². The van der Waals surface area contributed by atoms with Gasteiger partial charge in [-0.15, -0.1) is 0 Å². The normalized spacial score (nSPS) is 13.1. The minimum Gasteiger partial charge on any atom is -0.455 e. The van der Waals surface area contributed by atoms with Crippen LogP contribution in [0.1, 0.15) is 15.9 Å². The van der Waals surface area contributed by atoms with Crippen LogP contribution in [0.2, 0.25) is 0 Å². The molecule has 4 aromatic carbocycles. The molecule has 2 aromatic heterocycles. The molecular formula is C25H10Br2O3. The average Bonchev–Trinajstić information content (AvgIpc) is 3.40. The maximum atomic E-state index is 13.5. The summed E-state index contributed by atoms with van der Waals surface area (Å²) in [6.45, 7) is 0. The summed E-state index contributed by atoms with van der Waals surface area (Å²) in [5.41, 5.74) is 6.30. The second kappa shape index (κ2) is 5.62. The fraction of sp³-hybridized carbons (Fsp3) is 0. The van der Waals surface area contributed by atoms with Gasteiger partial charge in [0.1, 0.15) is 22.3 Å². The van der Waals surface area contributed by atoms with Crippen LogP contribution in [0.15, 0.2) is 78.4 Å². The molecule has 6 aromatic rings. The van der Waals surface area contributed by atoms with Crippen molar-refractivity contribution in [3.8, 4) is 11.1 Å². The molecule has 0 saturated heterocycles. The van der Waals surface area contributed by atoms with E-state index in [1.54, 1.807) is 0 Å². The zero-order valence-corrected chi connectivity index (χ0v) is 18.4. The second-order valence-electron chi connectivity index (χ2n) is 7.50. The summed E-state index contributed by atoms with van der Waals surface area (Å²) in [4.78, 5) is 13.5. The van der Waals surface area contributed by atoms with Gasteiger partial charge in [0, 0.05) is 43.8 Å². The molecule has 0 spiro atoms. The van der Waals surface area contributed by atoms with Gasteiger partial charge in [-0.1, -0.05) is 36.4 Å². The first-order valence-corrected chi connectivity index (χ1v) is 11.0. The number of hydrogen-bond donors (Lipinski definition) is 0. The number of carbonyl (C=O) groups is 1. The lowest BCUT2D eigenvalue weighted by Crippen LogP contribution is -1.95. The lowest BCUT2D eigenvalue weighted by atomic mass is 9.95. The monoisotopic (exact) mass is 516 g/mol. The molecule has 30 heavy (non-hydrogen) atoms. The zero-order chi connectivity index (χ0) is 20.1. The highest BCUT2D eigenvalue weighted by molar-refractivity contribution is 9.11. The number of carbonyl (C=O) groups excluding carboxylic acids is 1. The fourth-order valence-corrected chi connectivity index (χ4v) is 5.76. The van der Waals surface area contributed by atoms with E-state index in [2.05, 4.69) is 31.9 Å². The van der Waals surface area contributed by atoms with Gasteiger partial charge in [-0.3, -0.25) is 4.79 Å². The third-order valence-corrected chi connectivity index (χ3v) is 7.12. The molecule has 0 atom stereocenters. The van der Waals surface area contributed by atoms with E-state index in [9.17, 15) is 4.79 Å². The highest BCUT2D eigenvalue weighted by Crippen LogP contribution is 2.52. The van der Waals surface area contributed by atoms with Crippen molar-refractivity contribution in [2.24, 2.45) is 0 Å². The Hall–Kier alpha value is -2.89. The average molecular weight is 518 g/mol. The fourth-order valence-electron chi connectivity index (χ4n) is 4.74. The number of benzene rings is 4. The Morgan fingerprint density at radius 1 is 0.633 bits per heavy atom. The van der Waals surface area contributed by atoms with Crippen LogP contribution in [0.25, 0.3) is 55.0 Å². The minimum absolute atomic E-state index is 0.0146. The molecule has 0 saturated carbocycles. The molecule has 5 heteroatoms. The van der Waals surface area contributed by atoms with Crippen LogP contribution in [-0.4, -0.2) is 5.78 Å². The predicted molar refractivity (Wildman–Crippen MR) is 125 cm³/mol. The van der Waals surface area contributed by atoms with Crippen LogP contribution in [0.4, 0.5) is 0 Å². The molecule has 0 radical (unpaired) electrons. The quantitative estimate of drug-likeness (QED) is 0.203. The van der Waals surface area contributed by atoms with Crippen molar-refractivity contribution in [3.05, 3.63) is 80.7 Å². The van der Waals surface area contributed by atoms with E-state index in [1.165, 1.54) is 0 Å². The largest absolute Gasteiger partial charge is 0.455 e. The van der Waals surface area contributed by atoms with Gasteiger partial charge in [0.2, 0.25) is 0 Å². The molecule has 1 aliphatic rings. The van der Waals surface area contributed by atoms with Crippen molar-refractivity contribution in [2.45, 2.75) is 0 Å². The van der Waals surface area contributed by atoms with Crippen molar-refractivity contribution in [3.63, 3.8) is 0 Å². The Balaban J connectivity index is 1.80. The molecule has 0 N–H and O–H groups in total. The number of fused-ring (bicyclic) bond motifs is 11. The van der Waals surface area contributed by atoms with E-state index in [-0.39, 0.29) is 5.78 Å². The summed E-state index contributed by atoms with van der Waals surface area (Å²) in [6.07, 6.45) is 0. The van der Waals surface area contributed by atoms with Crippen molar-refractivity contribution in [1.82, 2.24) is 0 Å². The second-order valence-corrected chi connectivity index (χ2v) is 9.20. The number of para-hydroxylation sites is 2. The molecular weight excluding hydrogens is 508 g/mol. The highest BCUT2D eigenvalue weighted by Gasteiger charge is 2.35.